The Morgan fingerprint density at radius 2 is 1.78 bits per heavy atom. The Balaban J connectivity index is 1.59. The first-order chi connectivity index (χ1) is 13.2. The van der Waals surface area contributed by atoms with Gasteiger partial charge in [0.2, 0.25) is 0 Å². The van der Waals surface area contributed by atoms with Crippen molar-refractivity contribution in [1.82, 2.24) is 10.2 Å². The van der Waals surface area contributed by atoms with Crippen LogP contribution < -0.4 is 5.32 Å². The van der Waals surface area contributed by atoms with Crippen LogP contribution in [0, 0.1) is 5.92 Å². The van der Waals surface area contributed by atoms with Gasteiger partial charge >= 0.3 is 0 Å². The van der Waals surface area contributed by atoms with Gasteiger partial charge in [0.15, 0.2) is 0 Å². The summed E-state index contributed by atoms with van der Waals surface area (Å²) in [6.07, 6.45) is 2.28. The van der Waals surface area contributed by atoms with Crippen molar-refractivity contribution in [1.29, 1.82) is 0 Å². The maximum absolute atomic E-state index is 12.7. The molecule has 0 saturated carbocycles. The van der Waals surface area contributed by atoms with Crippen molar-refractivity contribution >= 4 is 29.4 Å². The first-order valence-electron chi connectivity index (χ1n) is 10.2. The number of amides is 1. The SMILES string of the molecule is CCC(CC)C(CNC(=O)c1ccc(C2SCCS2)cc1)N1CCOCC1. The number of nitrogens with one attached hydrogen (secondary N) is 1. The van der Waals surface area contributed by atoms with Crippen molar-refractivity contribution < 1.29 is 9.53 Å². The van der Waals surface area contributed by atoms with Gasteiger partial charge in [0.05, 0.1) is 17.8 Å². The van der Waals surface area contributed by atoms with E-state index in [4.69, 9.17) is 4.74 Å². The summed E-state index contributed by atoms with van der Waals surface area (Å²) in [7, 11) is 0. The number of carbonyl (C=O) groups is 1. The van der Waals surface area contributed by atoms with Gasteiger partial charge in [0.25, 0.3) is 5.91 Å². The van der Waals surface area contributed by atoms with Crippen LogP contribution in [-0.4, -0.2) is 61.2 Å². The molecule has 1 amide bonds. The third-order valence-corrected chi connectivity index (χ3v) is 8.75. The second kappa shape index (κ2) is 10.7. The molecule has 1 atom stereocenters. The normalized spacial score (nSPS) is 20.1. The second-order valence-electron chi connectivity index (χ2n) is 7.20. The van der Waals surface area contributed by atoms with E-state index in [2.05, 4.69) is 36.2 Å². The van der Waals surface area contributed by atoms with Crippen molar-refractivity contribution in [2.75, 3.05) is 44.4 Å². The minimum atomic E-state index is 0.0393. The van der Waals surface area contributed by atoms with Crippen LogP contribution >= 0.6 is 23.5 Å². The maximum atomic E-state index is 12.7. The molecular weight excluding hydrogens is 376 g/mol. The molecule has 4 nitrogen and oxygen atoms in total. The van der Waals surface area contributed by atoms with Crippen LogP contribution in [0.4, 0.5) is 0 Å². The van der Waals surface area contributed by atoms with Crippen LogP contribution in [0.5, 0.6) is 0 Å². The lowest BCUT2D eigenvalue weighted by Gasteiger charge is -2.38. The number of hydrogen-bond donors (Lipinski definition) is 1. The molecule has 1 unspecified atom stereocenters. The van der Waals surface area contributed by atoms with Gasteiger partial charge < -0.3 is 10.1 Å². The summed E-state index contributed by atoms with van der Waals surface area (Å²) in [5.74, 6) is 3.08. The summed E-state index contributed by atoms with van der Waals surface area (Å²) in [5, 5.41) is 3.20. The zero-order valence-electron chi connectivity index (χ0n) is 16.5. The highest BCUT2D eigenvalue weighted by Crippen LogP contribution is 2.45. The zero-order valence-corrected chi connectivity index (χ0v) is 18.1. The molecule has 2 heterocycles. The van der Waals surface area contributed by atoms with Crippen molar-refractivity contribution in [2.45, 2.75) is 37.3 Å². The van der Waals surface area contributed by atoms with Gasteiger partial charge in [-0.05, 0) is 23.6 Å². The molecule has 150 valence electrons. The molecule has 2 fully saturated rings. The zero-order chi connectivity index (χ0) is 19.1. The summed E-state index contributed by atoms with van der Waals surface area (Å²) >= 11 is 3.99. The smallest absolute Gasteiger partial charge is 0.251 e. The molecule has 3 rings (SSSR count). The minimum absolute atomic E-state index is 0.0393. The Hall–Kier alpha value is -0.690. The fourth-order valence-corrected chi connectivity index (χ4v) is 6.84. The van der Waals surface area contributed by atoms with Crippen molar-refractivity contribution in [3.63, 3.8) is 0 Å². The van der Waals surface area contributed by atoms with E-state index in [1.165, 1.54) is 17.1 Å². The highest BCUT2D eigenvalue weighted by atomic mass is 32.2. The fourth-order valence-electron chi connectivity index (χ4n) is 3.98. The van der Waals surface area contributed by atoms with E-state index >= 15 is 0 Å². The Bertz CT molecular complexity index is 580. The van der Waals surface area contributed by atoms with Crippen LogP contribution in [0.2, 0.25) is 0 Å². The van der Waals surface area contributed by atoms with Gasteiger partial charge in [-0.15, -0.1) is 23.5 Å². The summed E-state index contributed by atoms with van der Waals surface area (Å²) in [4.78, 5) is 15.2. The molecule has 1 aromatic rings. The second-order valence-corrected chi connectivity index (χ2v) is 9.92. The number of nitrogens with zero attached hydrogens (tertiary/aromatic N) is 1. The first kappa shape index (κ1) is 21.0. The number of rotatable bonds is 8. The summed E-state index contributed by atoms with van der Waals surface area (Å²) in [6.45, 7) is 8.72. The summed E-state index contributed by atoms with van der Waals surface area (Å²) in [6, 6.07) is 8.57. The molecule has 0 radical (unpaired) electrons. The highest BCUT2D eigenvalue weighted by Gasteiger charge is 2.27. The Labute approximate surface area is 172 Å². The molecular formula is C21H32N2O2S2. The number of hydrogen-bond acceptors (Lipinski definition) is 5. The number of thioether (sulfide) groups is 2. The molecule has 0 aliphatic carbocycles. The van der Waals surface area contributed by atoms with Crippen LogP contribution in [-0.2, 0) is 4.74 Å². The Morgan fingerprint density at radius 1 is 1.15 bits per heavy atom. The van der Waals surface area contributed by atoms with Crippen molar-refractivity contribution in [3.05, 3.63) is 35.4 Å². The fraction of sp³-hybridized carbons (Fsp3) is 0.667. The maximum Gasteiger partial charge on any atom is 0.251 e. The third kappa shape index (κ3) is 5.66. The van der Waals surface area contributed by atoms with Gasteiger partial charge in [-0.25, -0.2) is 0 Å². The van der Waals surface area contributed by atoms with E-state index in [-0.39, 0.29) is 5.91 Å². The number of ether oxygens (including phenoxy) is 1. The summed E-state index contributed by atoms with van der Waals surface area (Å²) < 4.78 is 6.04. The standard InChI is InChI=1S/C21H32N2O2S2/c1-3-16(4-2)19(23-9-11-25-12-10-23)15-22-20(24)17-5-7-18(8-6-17)21-26-13-14-27-21/h5-8,16,19,21H,3-4,9-15H2,1-2H3,(H,22,24). The molecule has 0 bridgehead atoms. The van der Waals surface area contributed by atoms with Crippen molar-refractivity contribution in [3.8, 4) is 0 Å². The van der Waals surface area contributed by atoms with E-state index in [0.717, 1.165) is 44.7 Å². The predicted molar refractivity (Wildman–Crippen MR) is 117 cm³/mol. The lowest BCUT2D eigenvalue weighted by Crippen LogP contribution is -2.52. The number of carbonyl (C=O) groups excluding carboxylic acids is 1. The molecule has 0 aromatic heterocycles. The Morgan fingerprint density at radius 3 is 2.37 bits per heavy atom. The van der Waals surface area contributed by atoms with Gasteiger partial charge in [-0.3, -0.25) is 9.69 Å². The van der Waals surface area contributed by atoms with E-state index in [1.807, 2.05) is 35.7 Å². The predicted octanol–water partition coefficient (Wildman–Crippen LogP) is 4.03. The molecule has 0 spiro atoms. The van der Waals surface area contributed by atoms with Gasteiger partial charge in [-0.1, -0.05) is 38.8 Å². The van der Waals surface area contributed by atoms with Gasteiger partial charge in [0, 0.05) is 42.7 Å². The van der Waals surface area contributed by atoms with Gasteiger partial charge in [0.1, 0.15) is 0 Å². The lowest BCUT2D eigenvalue weighted by molar-refractivity contribution is 0.00191. The summed E-state index contributed by atoms with van der Waals surface area (Å²) in [5.41, 5.74) is 2.08. The average molecular weight is 409 g/mol. The third-order valence-electron chi connectivity index (χ3n) is 5.65. The largest absolute Gasteiger partial charge is 0.379 e. The number of benzene rings is 1. The first-order valence-corrected chi connectivity index (χ1v) is 12.3. The molecule has 6 heteroatoms. The van der Waals surface area contributed by atoms with Crippen LogP contribution in [0.3, 0.4) is 0 Å². The lowest BCUT2D eigenvalue weighted by atomic mass is 9.92. The molecule has 2 saturated heterocycles. The molecule has 2 aliphatic rings. The number of morpholine rings is 1. The molecule has 2 aliphatic heterocycles. The highest BCUT2D eigenvalue weighted by molar-refractivity contribution is 8.19. The van der Waals surface area contributed by atoms with Crippen LogP contribution in [0.1, 0.15) is 47.2 Å². The van der Waals surface area contributed by atoms with Crippen LogP contribution in [0.25, 0.3) is 0 Å². The molecule has 1 aromatic carbocycles. The quantitative estimate of drug-likeness (QED) is 0.703. The Kier molecular flexibility index (Phi) is 8.37. The van der Waals surface area contributed by atoms with Gasteiger partial charge in [-0.2, -0.15) is 0 Å². The van der Waals surface area contributed by atoms with E-state index in [0.29, 0.717) is 23.1 Å². The monoisotopic (exact) mass is 408 g/mol. The minimum Gasteiger partial charge on any atom is -0.379 e. The van der Waals surface area contributed by atoms with E-state index in [1.54, 1.807) is 0 Å². The average Bonchev–Trinajstić information content (AvgIpc) is 3.26. The van der Waals surface area contributed by atoms with E-state index < -0.39 is 0 Å². The van der Waals surface area contributed by atoms with Crippen LogP contribution in [0.15, 0.2) is 24.3 Å². The van der Waals surface area contributed by atoms with Crippen molar-refractivity contribution in [2.24, 2.45) is 5.92 Å². The molecule has 27 heavy (non-hydrogen) atoms. The van der Waals surface area contributed by atoms with E-state index in [9.17, 15) is 4.79 Å². The molecule has 1 N–H and O–H groups in total. The topological polar surface area (TPSA) is 41.6 Å².